The highest BCUT2D eigenvalue weighted by molar-refractivity contribution is 5.74. The number of nitrogen functional groups attached to an aromatic ring is 2. The normalized spacial score (nSPS) is 10.2. The van der Waals surface area contributed by atoms with Crippen molar-refractivity contribution in [1.82, 2.24) is 9.97 Å². The second kappa shape index (κ2) is 4.29. The number of ether oxygens (including phenoxy) is 1. The summed E-state index contributed by atoms with van der Waals surface area (Å²) in [5, 5.41) is 0. The van der Waals surface area contributed by atoms with Crippen LogP contribution in [0.25, 0.3) is 11.1 Å². The first-order valence-corrected chi connectivity index (χ1v) is 5.15. The molecule has 0 unspecified atom stereocenters. The Labute approximate surface area is 99.5 Å². The maximum absolute atomic E-state index is 5.81. The SMILES string of the molecule is COc1ccc(-c2cnc(N)nc2N)cc1C. The van der Waals surface area contributed by atoms with Gasteiger partial charge in [-0.05, 0) is 30.2 Å². The van der Waals surface area contributed by atoms with E-state index in [1.165, 1.54) is 0 Å². The van der Waals surface area contributed by atoms with E-state index >= 15 is 0 Å². The van der Waals surface area contributed by atoms with Gasteiger partial charge in [0.05, 0.1) is 7.11 Å². The smallest absolute Gasteiger partial charge is 0.221 e. The summed E-state index contributed by atoms with van der Waals surface area (Å²) in [6.07, 6.45) is 1.62. The molecule has 0 fully saturated rings. The molecular formula is C12H14N4O. The second-order valence-corrected chi connectivity index (χ2v) is 3.71. The number of hydrogen-bond acceptors (Lipinski definition) is 5. The fourth-order valence-corrected chi connectivity index (χ4v) is 1.68. The molecule has 0 bridgehead atoms. The molecule has 88 valence electrons. The lowest BCUT2D eigenvalue weighted by molar-refractivity contribution is 0.412. The Morgan fingerprint density at radius 3 is 2.59 bits per heavy atom. The summed E-state index contributed by atoms with van der Waals surface area (Å²) in [5.74, 6) is 1.39. The molecule has 0 atom stereocenters. The van der Waals surface area contributed by atoms with Gasteiger partial charge in [-0.25, -0.2) is 4.98 Å². The van der Waals surface area contributed by atoms with Gasteiger partial charge in [0.15, 0.2) is 0 Å². The molecular weight excluding hydrogens is 216 g/mol. The number of anilines is 2. The molecule has 0 saturated heterocycles. The predicted molar refractivity (Wildman–Crippen MR) is 67.6 cm³/mol. The fraction of sp³-hybridized carbons (Fsp3) is 0.167. The van der Waals surface area contributed by atoms with Gasteiger partial charge in [0.1, 0.15) is 11.6 Å². The van der Waals surface area contributed by atoms with E-state index < -0.39 is 0 Å². The van der Waals surface area contributed by atoms with Crippen molar-refractivity contribution < 1.29 is 4.74 Å². The molecule has 0 amide bonds. The number of aryl methyl sites for hydroxylation is 1. The van der Waals surface area contributed by atoms with E-state index in [2.05, 4.69) is 9.97 Å². The molecule has 0 aliphatic carbocycles. The van der Waals surface area contributed by atoms with Crippen molar-refractivity contribution in [3.05, 3.63) is 30.0 Å². The number of hydrogen-bond donors (Lipinski definition) is 2. The summed E-state index contributed by atoms with van der Waals surface area (Å²) >= 11 is 0. The molecule has 0 radical (unpaired) electrons. The highest BCUT2D eigenvalue weighted by Gasteiger charge is 2.07. The molecule has 1 aromatic heterocycles. The summed E-state index contributed by atoms with van der Waals surface area (Å²) in [6.45, 7) is 1.97. The first-order chi connectivity index (χ1) is 8.11. The first-order valence-electron chi connectivity index (χ1n) is 5.15. The minimum atomic E-state index is 0.177. The van der Waals surface area contributed by atoms with Crippen LogP contribution in [-0.4, -0.2) is 17.1 Å². The molecule has 0 spiro atoms. The predicted octanol–water partition coefficient (Wildman–Crippen LogP) is 1.63. The zero-order chi connectivity index (χ0) is 12.4. The number of methoxy groups -OCH3 is 1. The van der Waals surface area contributed by atoms with Crippen molar-refractivity contribution in [2.24, 2.45) is 0 Å². The lowest BCUT2D eigenvalue weighted by atomic mass is 10.0. The van der Waals surface area contributed by atoms with Crippen molar-refractivity contribution in [1.29, 1.82) is 0 Å². The highest BCUT2D eigenvalue weighted by atomic mass is 16.5. The average Bonchev–Trinajstić information content (AvgIpc) is 2.29. The fourth-order valence-electron chi connectivity index (χ4n) is 1.68. The molecule has 5 heteroatoms. The van der Waals surface area contributed by atoms with E-state index in [-0.39, 0.29) is 5.95 Å². The zero-order valence-corrected chi connectivity index (χ0v) is 9.77. The van der Waals surface area contributed by atoms with Crippen LogP contribution in [0.1, 0.15) is 5.56 Å². The van der Waals surface area contributed by atoms with Gasteiger partial charge >= 0.3 is 0 Å². The monoisotopic (exact) mass is 230 g/mol. The van der Waals surface area contributed by atoms with Crippen LogP contribution in [0.4, 0.5) is 11.8 Å². The van der Waals surface area contributed by atoms with Crippen molar-refractivity contribution >= 4 is 11.8 Å². The third kappa shape index (κ3) is 2.13. The van der Waals surface area contributed by atoms with E-state index in [1.54, 1.807) is 13.3 Å². The molecule has 2 aromatic rings. The molecule has 0 aliphatic rings. The molecule has 1 aromatic carbocycles. The van der Waals surface area contributed by atoms with E-state index in [1.807, 2.05) is 25.1 Å². The van der Waals surface area contributed by atoms with Gasteiger partial charge in [0.25, 0.3) is 0 Å². The summed E-state index contributed by atoms with van der Waals surface area (Å²) in [7, 11) is 1.64. The van der Waals surface area contributed by atoms with Gasteiger partial charge in [-0.3, -0.25) is 0 Å². The van der Waals surface area contributed by atoms with Crippen molar-refractivity contribution in [3.63, 3.8) is 0 Å². The first kappa shape index (κ1) is 11.2. The van der Waals surface area contributed by atoms with Crippen LogP contribution >= 0.6 is 0 Å². The van der Waals surface area contributed by atoms with Gasteiger partial charge in [0.2, 0.25) is 5.95 Å². The third-order valence-electron chi connectivity index (χ3n) is 2.54. The van der Waals surface area contributed by atoms with Crippen molar-refractivity contribution in [2.45, 2.75) is 6.92 Å². The lowest BCUT2D eigenvalue weighted by Crippen LogP contribution is -2.01. The van der Waals surface area contributed by atoms with Crippen LogP contribution in [0.2, 0.25) is 0 Å². The Morgan fingerprint density at radius 1 is 1.24 bits per heavy atom. The van der Waals surface area contributed by atoms with Gasteiger partial charge in [0, 0.05) is 11.8 Å². The van der Waals surface area contributed by atoms with Crippen molar-refractivity contribution in [2.75, 3.05) is 18.6 Å². The van der Waals surface area contributed by atoms with E-state index in [0.29, 0.717) is 5.82 Å². The summed E-state index contributed by atoms with van der Waals surface area (Å²) < 4.78 is 5.20. The van der Waals surface area contributed by atoms with Crippen LogP contribution < -0.4 is 16.2 Å². The van der Waals surface area contributed by atoms with E-state index in [4.69, 9.17) is 16.2 Å². The van der Waals surface area contributed by atoms with E-state index in [9.17, 15) is 0 Å². The van der Waals surface area contributed by atoms with Gasteiger partial charge in [-0.1, -0.05) is 6.07 Å². The van der Waals surface area contributed by atoms with Crippen LogP contribution in [0, 0.1) is 6.92 Å². The zero-order valence-electron chi connectivity index (χ0n) is 9.77. The van der Waals surface area contributed by atoms with Crippen LogP contribution in [-0.2, 0) is 0 Å². The molecule has 17 heavy (non-hydrogen) atoms. The Bertz CT molecular complexity index is 554. The Balaban J connectivity index is 2.50. The van der Waals surface area contributed by atoms with E-state index in [0.717, 1.165) is 22.4 Å². The Kier molecular flexibility index (Phi) is 2.82. The van der Waals surface area contributed by atoms with Crippen molar-refractivity contribution in [3.8, 4) is 16.9 Å². The highest BCUT2D eigenvalue weighted by Crippen LogP contribution is 2.28. The summed E-state index contributed by atoms with van der Waals surface area (Å²) in [6, 6.07) is 5.78. The minimum absolute atomic E-state index is 0.177. The summed E-state index contributed by atoms with van der Waals surface area (Å²) in [5.41, 5.74) is 14.0. The lowest BCUT2D eigenvalue weighted by Gasteiger charge is -2.09. The largest absolute Gasteiger partial charge is 0.496 e. The molecule has 0 saturated carbocycles. The number of nitrogens with two attached hydrogens (primary N) is 2. The molecule has 2 rings (SSSR count). The van der Waals surface area contributed by atoms with Gasteiger partial charge in [-0.15, -0.1) is 0 Å². The Hall–Kier alpha value is -2.30. The number of rotatable bonds is 2. The minimum Gasteiger partial charge on any atom is -0.496 e. The summed E-state index contributed by atoms with van der Waals surface area (Å²) in [4.78, 5) is 7.88. The standard InChI is InChI=1S/C12H14N4O/c1-7-5-8(3-4-10(7)17-2)9-6-15-12(14)16-11(9)13/h3-6H,1-2H3,(H4,13,14,15,16). The van der Waals surface area contributed by atoms with Gasteiger partial charge in [-0.2, -0.15) is 4.98 Å². The van der Waals surface area contributed by atoms with Gasteiger partial charge < -0.3 is 16.2 Å². The second-order valence-electron chi connectivity index (χ2n) is 3.71. The van der Waals surface area contributed by atoms with Crippen LogP contribution in [0.3, 0.4) is 0 Å². The number of nitrogens with zero attached hydrogens (tertiary/aromatic N) is 2. The molecule has 1 heterocycles. The number of benzene rings is 1. The topological polar surface area (TPSA) is 87.0 Å². The molecule has 4 N–H and O–H groups in total. The number of aromatic nitrogens is 2. The molecule has 0 aliphatic heterocycles. The Morgan fingerprint density at radius 2 is 2.00 bits per heavy atom. The molecule has 5 nitrogen and oxygen atoms in total. The van der Waals surface area contributed by atoms with Crippen LogP contribution in [0.15, 0.2) is 24.4 Å². The average molecular weight is 230 g/mol. The maximum atomic E-state index is 5.81. The maximum Gasteiger partial charge on any atom is 0.221 e. The third-order valence-corrected chi connectivity index (χ3v) is 2.54. The van der Waals surface area contributed by atoms with Crippen LogP contribution in [0.5, 0.6) is 5.75 Å². The quantitative estimate of drug-likeness (QED) is 0.818.